The van der Waals surface area contributed by atoms with Crippen molar-refractivity contribution in [3.63, 3.8) is 0 Å². The molecule has 6 atom stereocenters. The highest BCUT2D eigenvalue weighted by molar-refractivity contribution is 5.74. The Labute approximate surface area is 453 Å². The van der Waals surface area contributed by atoms with E-state index in [4.69, 9.17) is 23.7 Å². The van der Waals surface area contributed by atoms with Crippen LogP contribution < -0.4 is 0 Å². The molecule has 0 aromatic rings. The Morgan fingerprint density at radius 3 is 1.23 bits per heavy atom. The molecule has 424 valence electrons. The molecule has 12 nitrogen and oxygen atoms in total. The van der Waals surface area contributed by atoms with E-state index in [2.05, 4.69) is 130 Å². The molecule has 1 aliphatic rings. The van der Waals surface area contributed by atoms with Gasteiger partial charge in [0.25, 0.3) is 0 Å². The fourth-order valence-electron chi connectivity index (χ4n) is 8.00. The first-order chi connectivity index (χ1) is 36.6. The Bertz CT molecular complexity index is 1720. The van der Waals surface area contributed by atoms with Crippen LogP contribution in [0.5, 0.6) is 0 Å². The average Bonchev–Trinajstić information content (AvgIpc) is 3.39. The molecule has 3 N–H and O–H groups in total. The number of aliphatic hydroxyl groups excluding tert-OH is 2. The number of carboxylic acids is 1. The summed E-state index contributed by atoms with van der Waals surface area (Å²) in [5, 5.41) is 31.4. The summed E-state index contributed by atoms with van der Waals surface area (Å²) in [6, 6.07) is 0. The van der Waals surface area contributed by atoms with E-state index in [-0.39, 0.29) is 25.9 Å². The van der Waals surface area contributed by atoms with Crippen LogP contribution in [0.25, 0.3) is 0 Å². The number of allylic oxidation sites excluding steroid dienone is 18. The van der Waals surface area contributed by atoms with Gasteiger partial charge in [0.1, 0.15) is 18.8 Å². The van der Waals surface area contributed by atoms with Gasteiger partial charge in [-0.15, -0.1) is 0 Å². The zero-order chi connectivity index (χ0) is 54.7. The van der Waals surface area contributed by atoms with E-state index >= 15 is 0 Å². The largest absolute Gasteiger partial charge is 0.479 e. The Balaban J connectivity index is 2.73. The number of carboxylic acid groups (broad SMARTS) is 1. The van der Waals surface area contributed by atoms with Crippen LogP contribution in [0.1, 0.15) is 213 Å². The molecule has 12 heteroatoms. The van der Waals surface area contributed by atoms with Crippen molar-refractivity contribution in [2.75, 3.05) is 13.2 Å². The monoisotopic (exact) mass is 1050 g/mol. The predicted octanol–water partition coefficient (Wildman–Crippen LogP) is 14.7. The standard InChI is InChI=1S/C63H100O12/c1-4-7-10-13-16-19-22-25-27-28-30-32-34-37-40-43-46-49-55(64)71-52-54(73-56(65)50-47-44-41-38-36-33-29-26-23-20-17-14-11-8-5-2)53-72-63-61(59(68)58(67)60(75-63)62(69)70)74-57(66)51-48-45-42-39-35-31-24-21-18-15-12-9-6-3/h7-12,16-21,25-27,29,31,35,54,58-61,63,67-68H,4-6,13-15,22-24,28,30,32-34,36-53H2,1-3H3,(H,69,70)/b10-7-,11-8-,12-9-,19-16-,20-17-,21-18-,27-25-,29-26-,35-31-. The van der Waals surface area contributed by atoms with Crippen LogP contribution in [0.4, 0.5) is 0 Å². The van der Waals surface area contributed by atoms with Crippen LogP contribution in [0.3, 0.4) is 0 Å². The second-order valence-electron chi connectivity index (χ2n) is 19.1. The van der Waals surface area contributed by atoms with Crippen molar-refractivity contribution in [2.24, 2.45) is 0 Å². The summed E-state index contributed by atoms with van der Waals surface area (Å²) in [4.78, 5) is 51.1. The minimum absolute atomic E-state index is 0.0169. The second-order valence-corrected chi connectivity index (χ2v) is 19.1. The third kappa shape index (κ3) is 40.3. The van der Waals surface area contributed by atoms with Crippen LogP contribution in [-0.2, 0) is 42.9 Å². The SMILES string of the molecule is CC/C=C\C/C=C\C/C=C\CCCCCCCCCC(=O)OCC(COC1OC(C(=O)O)C(O)C(O)C1OC(=O)CCCCC/C=C\C/C=C\C/C=C\CC)OC(=O)CCCCCCC/C=C\C/C=C\C/C=C\CC. The Morgan fingerprint density at radius 2 is 0.800 bits per heavy atom. The lowest BCUT2D eigenvalue weighted by atomic mass is 9.98. The van der Waals surface area contributed by atoms with Crippen molar-refractivity contribution < 1.29 is 58.2 Å². The van der Waals surface area contributed by atoms with Crippen molar-refractivity contribution >= 4 is 23.9 Å². The second kappa shape index (κ2) is 50.2. The predicted molar refractivity (Wildman–Crippen MR) is 303 cm³/mol. The third-order valence-corrected chi connectivity index (χ3v) is 12.3. The number of esters is 3. The van der Waals surface area contributed by atoms with Crippen LogP contribution in [0, 0.1) is 0 Å². The van der Waals surface area contributed by atoms with Gasteiger partial charge < -0.3 is 39.0 Å². The number of ether oxygens (including phenoxy) is 5. The Morgan fingerprint density at radius 1 is 0.440 bits per heavy atom. The molecular weight excluding hydrogens is 949 g/mol. The number of rotatable bonds is 47. The molecule has 0 radical (unpaired) electrons. The van der Waals surface area contributed by atoms with Crippen LogP contribution in [0.15, 0.2) is 109 Å². The van der Waals surface area contributed by atoms with Crippen molar-refractivity contribution in [1.29, 1.82) is 0 Å². The van der Waals surface area contributed by atoms with E-state index < -0.39 is 67.3 Å². The summed E-state index contributed by atoms with van der Waals surface area (Å²) in [5.74, 6) is -3.21. The molecule has 75 heavy (non-hydrogen) atoms. The molecule has 0 aromatic heterocycles. The molecule has 1 saturated heterocycles. The zero-order valence-electron chi connectivity index (χ0n) is 46.5. The van der Waals surface area contributed by atoms with Crippen LogP contribution in [-0.4, -0.2) is 89.2 Å². The molecule has 6 unspecified atom stereocenters. The van der Waals surface area contributed by atoms with E-state index in [1.807, 2.05) is 0 Å². The normalized spacial score (nSPS) is 19.0. The summed E-state index contributed by atoms with van der Waals surface area (Å²) in [6.45, 7) is 5.60. The first-order valence-electron chi connectivity index (χ1n) is 28.9. The third-order valence-electron chi connectivity index (χ3n) is 12.3. The topological polar surface area (TPSA) is 175 Å². The fourth-order valence-corrected chi connectivity index (χ4v) is 8.00. The van der Waals surface area contributed by atoms with Gasteiger partial charge in [-0.2, -0.15) is 0 Å². The van der Waals surface area contributed by atoms with Gasteiger partial charge in [-0.1, -0.05) is 188 Å². The quantitative estimate of drug-likeness (QED) is 0.0228. The Hall–Kier alpha value is -4.62. The number of aliphatic carboxylic acids is 1. The molecule has 0 saturated carbocycles. The highest BCUT2D eigenvalue weighted by Gasteiger charge is 2.50. The molecule has 0 spiro atoms. The summed E-state index contributed by atoms with van der Waals surface area (Å²) in [5.41, 5.74) is 0. The molecule has 1 fully saturated rings. The van der Waals surface area contributed by atoms with E-state index in [1.54, 1.807) is 0 Å². The van der Waals surface area contributed by atoms with Gasteiger partial charge in [0.15, 0.2) is 24.6 Å². The molecule has 0 amide bonds. The first kappa shape index (κ1) is 68.4. The van der Waals surface area contributed by atoms with E-state index in [0.29, 0.717) is 19.3 Å². The minimum atomic E-state index is -1.92. The maximum Gasteiger partial charge on any atom is 0.335 e. The average molecular weight is 1050 g/mol. The van der Waals surface area contributed by atoms with Gasteiger partial charge in [-0.3, -0.25) is 14.4 Å². The Kier molecular flexibility index (Phi) is 45.8. The lowest BCUT2D eigenvalue weighted by Gasteiger charge is -2.40. The molecule has 0 bridgehead atoms. The van der Waals surface area contributed by atoms with Crippen molar-refractivity contribution in [3.05, 3.63) is 109 Å². The zero-order valence-corrected chi connectivity index (χ0v) is 46.5. The van der Waals surface area contributed by atoms with Crippen molar-refractivity contribution in [3.8, 4) is 0 Å². The lowest BCUT2D eigenvalue weighted by Crippen LogP contribution is -2.61. The van der Waals surface area contributed by atoms with E-state index in [0.717, 1.165) is 148 Å². The number of carbonyl (C=O) groups excluding carboxylic acids is 3. The summed E-state index contributed by atoms with van der Waals surface area (Å²) >= 11 is 0. The van der Waals surface area contributed by atoms with Gasteiger partial charge >= 0.3 is 23.9 Å². The highest BCUT2D eigenvalue weighted by atomic mass is 16.7. The van der Waals surface area contributed by atoms with Gasteiger partial charge in [-0.05, 0) is 116 Å². The maximum atomic E-state index is 13.1. The number of carbonyl (C=O) groups is 4. The summed E-state index contributed by atoms with van der Waals surface area (Å²) in [6.07, 6.45) is 54.9. The number of hydrogen-bond donors (Lipinski definition) is 3. The molecular formula is C63H100O12. The summed E-state index contributed by atoms with van der Waals surface area (Å²) < 4.78 is 28.3. The molecule has 1 aliphatic heterocycles. The van der Waals surface area contributed by atoms with Crippen molar-refractivity contribution in [1.82, 2.24) is 0 Å². The van der Waals surface area contributed by atoms with Gasteiger partial charge in [0.2, 0.25) is 0 Å². The minimum Gasteiger partial charge on any atom is -0.479 e. The molecule has 1 rings (SSSR count). The van der Waals surface area contributed by atoms with Crippen LogP contribution >= 0.6 is 0 Å². The first-order valence-corrected chi connectivity index (χ1v) is 28.9. The van der Waals surface area contributed by atoms with Gasteiger partial charge in [0.05, 0.1) is 6.61 Å². The van der Waals surface area contributed by atoms with E-state index in [9.17, 15) is 34.5 Å². The van der Waals surface area contributed by atoms with Crippen LogP contribution in [0.2, 0.25) is 0 Å². The summed E-state index contributed by atoms with van der Waals surface area (Å²) in [7, 11) is 0. The smallest absolute Gasteiger partial charge is 0.335 e. The van der Waals surface area contributed by atoms with Crippen molar-refractivity contribution in [2.45, 2.75) is 250 Å². The lowest BCUT2D eigenvalue weighted by molar-refractivity contribution is -0.301. The van der Waals surface area contributed by atoms with E-state index in [1.165, 1.54) is 6.42 Å². The van der Waals surface area contributed by atoms with Gasteiger partial charge in [-0.25, -0.2) is 4.79 Å². The fraction of sp³-hybridized carbons (Fsp3) is 0.651. The number of aliphatic hydroxyl groups is 2. The number of hydrogen-bond acceptors (Lipinski definition) is 11. The maximum absolute atomic E-state index is 13.1. The van der Waals surface area contributed by atoms with Gasteiger partial charge in [0, 0.05) is 19.3 Å². The molecule has 1 heterocycles. The number of unbranched alkanes of at least 4 members (excludes halogenated alkanes) is 15. The molecule has 0 aromatic carbocycles. The molecule has 0 aliphatic carbocycles. The highest BCUT2D eigenvalue weighted by Crippen LogP contribution is 2.26.